The van der Waals surface area contributed by atoms with Crippen LogP contribution in [-0.4, -0.2) is 41.8 Å². The molecule has 3 atom stereocenters. The Kier molecular flexibility index (Phi) is 6.44. The summed E-state index contributed by atoms with van der Waals surface area (Å²) in [5.41, 5.74) is 4.55. The summed E-state index contributed by atoms with van der Waals surface area (Å²) < 4.78 is 5.50. The number of carbonyl (C=O) groups is 3. The molecule has 2 amide bonds. The zero-order valence-corrected chi connectivity index (χ0v) is 18.0. The van der Waals surface area contributed by atoms with Crippen LogP contribution in [0.1, 0.15) is 49.7 Å². The van der Waals surface area contributed by atoms with E-state index in [4.69, 9.17) is 9.84 Å². The molecule has 0 saturated heterocycles. The van der Waals surface area contributed by atoms with E-state index < -0.39 is 18.1 Å². The van der Waals surface area contributed by atoms with E-state index in [1.54, 1.807) is 6.92 Å². The maximum Gasteiger partial charge on any atom is 0.407 e. The molecule has 0 spiro atoms. The van der Waals surface area contributed by atoms with Crippen molar-refractivity contribution in [3.63, 3.8) is 0 Å². The lowest BCUT2D eigenvalue weighted by atomic mass is 9.98. The molecule has 2 aromatic rings. The number of benzene rings is 2. The van der Waals surface area contributed by atoms with Crippen molar-refractivity contribution in [1.29, 1.82) is 0 Å². The number of aliphatic carboxylic acids is 1. The summed E-state index contributed by atoms with van der Waals surface area (Å²) in [4.78, 5) is 35.9. The molecule has 32 heavy (non-hydrogen) atoms. The van der Waals surface area contributed by atoms with Gasteiger partial charge in [0.1, 0.15) is 12.6 Å². The fraction of sp³-hybridized carbons (Fsp3) is 0.400. The van der Waals surface area contributed by atoms with Gasteiger partial charge in [0.05, 0.1) is 6.42 Å². The van der Waals surface area contributed by atoms with Crippen LogP contribution in [0.15, 0.2) is 48.5 Å². The Hall–Kier alpha value is -3.35. The van der Waals surface area contributed by atoms with Gasteiger partial charge in [0, 0.05) is 12.0 Å². The van der Waals surface area contributed by atoms with Crippen molar-refractivity contribution in [2.45, 2.75) is 50.6 Å². The van der Waals surface area contributed by atoms with Crippen molar-refractivity contribution in [2.24, 2.45) is 5.92 Å². The minimum Gasteiger partial charge on any atom is -0.481 e. The van der Waals surface area contributed by atoms with Crippen molar-refractivity contribution in [2.75, 3.05) is 6.61 Å². The second-order valence-electron chi connectivity index (χ2n) is 8.60. The van der Waals surface area contributed by atoms with E-state index in [1.807, 2.05) is 36.4 Å². The first kappa shape index (κ1) is 21.9. The summed E-state index contributed by atoms with van der Waals surface area (Å²) in [7, 11) is 0. The number of fused-ring (bicyclic) bond motifs is 3. The Morgan fingerprint density at radius 3 is 2.28 bits per heavy atom. The van der Waals surface area contributed by atoms with Gasteiger partial charge in [-0.2, -0.15) is 0 Å². The lowest BCUT2D eigenvalue weighted by Crippen LogP contribution is -2.49. The van der Waals surface area contributed by atoms with E-state index in [1.165, 1.54) is 0 Å². The third-order valence-corrected chi connectivity index (χ3v) is 6.49. The molecule has 168 valence electrons. The molecule has 7 heteroatoms. The largest absolute Gasteiger partial charge is 0.481 e. The molecule has 2 aliphatic rings. The number of carbonyl (C=O) groups excluding carboxylic acids is 2. The maximum atomic E-state index is 12.5. The standard InChI is InChI=1S/C25H28N2O5/c1-15(24(30)27-22-12-6-7-16(22)13-23(28)29)26-25(31)32-14-21-19-10-4-2-8-17(19)18-9-3-5-11-20(18)21/h2-5,8-11,15-16,21-22H,6-7,12-14H2,1H3,(H,26,31)(H,27,30)(H,28,29)/t15?,16-,22+/m0/s1. The van der Waals surface area contributed by atoms with Gasteiger partial charge in [0.15, 0.2) is 0 Å². The van der Waals surface area contributed by atoms with Crippen LogP contribution >= 0.6 is 0 Å². The van der Waals surface area contributed by atoms with E-state index in [-0.39, 0.29) is 36.8 Å². The summed E-state index contributed by atoms with van der Waals surface area (Å²) in [6.45, 7) is 1.77. The predicted octanol–water partition coefficient (Wildman–Crippen LogP) is 3.67. The van der Waals surface area contributed by atoms with Crippen LogP contribution in [-0.2, 0) is 14.3 Å². The van der Waals surface area contributed by atoms with Gasteiger partial charge in [-0.3, -0.25) is 9.59 Å². The van der Waals surface area contributed by atoms with Crippen LogP contribution < -0.4 is 10.6 Å². The number of rotatable bonds is 7. The molecule has 7 nitrogen and oxygen atoms in total. The zero-order valence-electron chi connectivity index (χ0n) is 18.0. The Bertz CT molecular complexity index is 975. The number of hydrogen-bond donors (Lipinski definition) is 3. The molecule has 4 rings (SSSR count). The van der Waals surface area contributed by atoms with Gasteiger partial charge in [-0.15, -0.1) is 0 Å². The average molecular weight is 437 g/mol. The number of carboxylic acid groups (broad SMARTS) is 1. The molecule has 1 saturated carbocycles. The van der Waals surface area contributed by atoms with Crippen LogP contribution in [0, 0.1) is 5.92 Å². The molecule has 2 aliphatic carbocycles. The van der Waals surface area contributed by atoms with Crippen LogP contribution in [0.3, 0.4) is 0 Å². The highest BCUT2D eigenvalue weighted by molar-refractivity contribution is 5.85. The van der Waals surface area contributed by atoms with Gasteiger partial charge in [0.25, 0.3) is 0 Å². The molecule has 3 N–H and O–H groups in total. The monoisotopic (exact) mass is 436 g/mol. The highest BCUT2D eigenvalue weighted by Gasteiger charge is 2.32. The normalized spacial score (nSPS) is 20.2. The van der Waals surface area contributed by atoms with E-state index in [9.17, 15) is 14.4 Å². The summed E-state index contributed by atoms with van der Waals surface area (Å²) in [6, 6.07) is 15.2. The van der Waals surface area contributed by atoms with Gasteiger partial charge < -0.3 is 20.5 Å². The van der Waals surface area contributed by atoms with E-state index >= 15 is 0 Å². The third-order valence-electron chi connectivity index (χ3n) is 6.49. The van der Waals surface area contributed by atoms with Crippen molar-refractivity contribution in [1.82, 2.24) is 10.6 Å². The topological polar surface area (TPSA) is 105 Å². The summed E-state index contributed by atoms with van der Waals surface area (Å²) in [5.74, 6) is -1.31. The van der Waals surface area contributed by atoms with Crippen LogP contribution in [0.2, 0.25) is 0 Å². The zero-order chi connectivity index (χ0) is 22.7. The summed E-state index contributed by atoms with van der Waals surface area (Å²) in [5, 5.41) is 14.5. The molecule has 0 bridgehead atoms. The highest BCUT2D eigenvalue weighted by Crippen LogP contribution is 2.44. The van der Waals surface area contributed by atoms with Crippen molar-refractivity contribution >= 4 is 18.0 Å². The first-order valence-corrected chi connectivity index (χ1v) is 11.1. The number of nitrogens with one attached hydrogen (secondary N) is 2. The van der Waals surface area contributed by atoms with Crippen LogP contribution in [0.25, 0.3) is 11.1 Å². The number of carboxylic acids is 1. The summed E-state index contributed by atoms with van der Waals surface area (Å²) >= 11 is 0. The third kappa shape index (κ3) is 4.61. The van der Waals surface area contributed by atoms with Gasteiger partial charge >= 0.3 is 12.1 Å². The fourth-order valence-electron chi connectivity index (χ4n) is 4.89. The molecule has 0 heterocycles. The molecule has 0 aliphatic heterocycles. The fourth-order valence-corrected chi connectivity index (χ4v) is 4.89. The molecule has 0 aromatic heterocycles. The highest BCUT2D eigenvalue weighted by atomic mass is 16.5. The molecule has 0 radical (unpaired) electrons. The number of amides is 2. The van der Waals surface area contributed by atoms with Gasteiger partial charge in [0.2, 0.25) is 5.91 Å². The van der Waals surface area contributed by atoms with Crippen LogP contribution in [0.5, 0.6) is 0 Å². The minimum atomic E-state index is -0.860. The van der Waals surface area contributed by atoms with Crippen LogP contribution in [0.4, 0.5) is 4.79 Å². The number of ether oxygens (including phenoxy) is 1. The molecule has 2 aromatic carbocycles. The first-order chi connectivity index (χ1) is 15.4. The van der Waals surface area contributed by atoms with Gasteiger partial charge in [-0.25, -0.2) is 4.79 Å². The molecular formula is C25H28N2O5. The molecule has 1 unspecified atom stereocenters. The minimum absolute atomic E-state index is 0.0408. The van der Waals surface area contributed by atoms with E-state index in [0.29, 0.717) is 0 Å². The van der Waals surface area contributed by atoms with E-state index in [2.05, 4.69) is 22.8 Å². The lowest BCUT2D eigenvalue weighted by Gasteiger charge is -2.22. The van der Waals surface area contributed by atoms with Crippen molar-refractivity contribution in [3.8, 4) is 11.1 Å². The lowest BCUT2D eigenvalue weighted by molar-refractivity contribution is -0.138. The summed E-state index contributed by atoms with van der Waals surface area (Å²) in [6.07, 6.45) is 1.81. The quantitative estimate of drug-likeness (QED) is 0.614. The van der Waals surface area contributed by atoms with E-state index in [0.717, 1.165) is 41.5 Å². The predicted molar refractivity (Wildman–Crippen MR) is 119 cm³/mol. The maximum absolute atomic E-state index is 12.5. The SMILES string of the molecule is CC(NC(=O)OCC1c2ccccc2-c2ccccc21)C(=O)N[C@@H]1CCC[C@H]1CC(=O)O. The Morgan fingerprint density at radius 1 is 1.03 bits per heavy atom. The van der Waals surface area contributed by atoms with Gasteiger partial charge in [-0.05, 0) is 47.9 Å². The molecule has 1 fully saturated rings. The first-order valence-electron chi connectivity index (χ1n) is 11.1. The Labute approximate surface area is 187 Å². The van der Waals surface area contributed by atoms with Crippen molar-refractivity contribution < 1.29 is 24.2 Å². The number of alkyl carbamates (subject to hydrolysis) is 1. The Morgan fingerprint density at radius 2 is 1.66 bits per heavy atom. The smallest absolute Gasteiger partial charge is 0.407 e. The second-order valence-corrected chi connectivity index (χ2v) is 8.60. The van der Waals surface area contributed by atoms with Crippen molar-refractivity contribution in [3.05, 3.63) is 59.7 Å². The Balaban J connectivity index is 1.31. The second kappa shape index (κ2) is 9.42. The number of hydrogen-bond acceptors (Lipinski definition) is 4. The average Bonchev–Trinajstić information content (AvgIpc) is 3.33. The van der Waals surface area contributed by atoms with Gasteiger partial charge in [-0.1, -0.05) is 55.0 Å². The molecular weight excluding hydrogens is 408 g/mol.